The predicted octanol–water partition coefficient (Wildman–Crippen LogP) is 4.06. The van der Waals surface area contributed by atoms with Crippen LogP contribution in [0.4, 0.5) is 18.9 Å². The van der Waals surface area contributed by atoms with E-state index in [9.17, 15) is 18.0 Å². The summed E-state index contributed by atoms with van der Waals surface area (Å²) < 4.78 is 51.1. The van der Waals surface area contributed by atoms with Crippen molar-refractivity contribution in [2.75, 3.05) is 32.6 Å². The van der Waals surface area contributed by atoms with Crippen LogP contribution in [0.1, 0.15) is 12.5 Å². The molecule has 6 nitrogen and oxygen atoms in total. The predicted molar refractivity (Wildman–Crippen MR) is 102 cm³/mol. The Labute approximate surface area is 167 Å². The average molecular weight is 412 g/mol. The lowest BCUT2D eigenvalue weighted by atomic mass is 10.2. The summed E-state index contributed by atoms with van der Waals surface area (Å²) in [7, 11) is 3.34. The van der Waals surface area contributed by atoms with Gasteiger partial charge in [0, 0.05) is 12.2 Å². The zero-order chi connectivity index (χ0) is 21.4. The van der Waals surface area contributed by atoms with Crippen molar-refractivity contribution in [3.63, 3.8) is 0 Å². The summed E-state index contributed by atoms with van der Waals surface area (Å²) in [5.74, 6) is 0.618. The van der Waals surface area contributed by atoms with Crippen LogP contribution in [-0.2, 0) is 11.3 Å². The van der Waals surface area contributed by atoms with Gasteiger partial charge in [-0.1, -0.05) is 6.07 Å². The maximum Gasteiger partial charge on any atom is 0.573 e. The SMILES string of the molecule is CCOc1ccc(CN(C)CC(=O)Nc2ccc(OC(F)(F)F)cc2)cc1OC. The summed E-state index contributed by atoms with van der Waals surface area (Å²) in [6.07, 6.45) is -4.75. The standard InChI is InChI=1S/C20H23F3N2O4/c1-4-28-17-10-5-14(11-18(17)27-3)12-25(2)13-19(26)24-15-6-8-16(9-7-15)29-20(21,22)23/h5-11H,4,12-13H2,1-3H3,(H,24,26). The number of hydrogen-bond donors (Lipinski definition) is 1. The van der Waals surface area contributed by atoms with Crippen molar-refractivity contribution in [1.82, 2.24) is 4.90 Å². The normalized spacial score (nSPS) is 11.3. The van der Waals surface area contributed by atoms with Crippen molar-refractivity contribution in [1.29, 1.82) is 0 Å². The molecule has 0 aliphatic heterocycles. The van der Waals surface area contributed by atoms with Gasteiger partial charge in [-0.2, -0.15) is 0 Å². The van der Waals surface area contributed by atoms with E-state index in [0.29, 0.717) is 30.3 Å². The molecule has 0 aliphatic rings. The van der Waals surface area contributed by atoms with E-state index in [1.54, 1.807) is 19.1 Å². The Hall–Kier alpha value is -2.94. The third kappa shape index (κ3) is 7.53. The Morgan fingerprint density at radius 3 is 2.38 bits per heavy atom. The van der Waals surface area contributed by atoms with Crippen molar-refractivity contribution in [3.8, 4) is 17.2 Å². The highest BCUT2D eigenvalue weighted by atomic mass is 19.4. The summed E-state index contributed by atoms with van der Waals surface area (Å²) in [6, 6.07) is 10.5. The van der Waals surface area contributed by atoms with Gasteiger partial charge in [0.25, 0.3) is 0 Å². The van der Waals surface area contributed by atoms with Crippen LogP contribution in [0.15, 0.2) is 42.5 Å². The number of carbonyl (C=O) groups is 1. The first-order valence-electron chi connectivity index (χ1n) is 8.84. The molecule has 0 saturated heterocycles. The van der Waals surface area contributed by atoms with Crippen LogP contribution < -0.4 is 19.5 Å². The average Bonchev–Trinajstić information content (AvgIpc) is 2.63. The number of hydrogen-bond acceptors (Lipinski definition) is 5. The monoisotopic (exact) mass is 412 g/mol. The molecule has 158 valence electrons. The fourth-order valence-electron chi connectivity index (χ4n) is 2.64. The molecule has 9 heteroatoms. The number of amides is 1. The first-order chi connectivity index (χ1) is 13.7. The number of nitrogens with one attached hydrogen (secondary N) is 1. The van der Waals surface area contributed by atoms with E-state index in [0.717, 1.165) is 17.7 Å². The molecule has 0 radical (unpaired) electrons. The number of rotatable bonds is 9. The summed E-state index contributed by atoms with van der Waals surface area (Å²) in [4.78, 5) is 14.0. The lowest BCUT2D eigenvalue weighted by Crippen LogP contribution is -2.29. The maximum absolute atomic E-state index is 12.2. The topological polar surface area (TPSA) is 60.0 Å². The minimum atomic E-state index is -4.75. The van der Waals surface area contributed by atoms with Gasteiger partial charge in [0.05, 0.1) is 20.3 Å². The van der Waals surface area contributed by atoms with Gasteiger partial charge in [-0.3, -0.25) is 9.69 Å². The number of alkyl halides is 3. The molecule has 0 bridgehead atoms. The quantitative estimate of drug-likeness (QED) is 0.673. The first kappa shape index (κ1) is 22.4. The van der Waals surface area contributed by atoms with Gasteiger partial charge in [0.15, 0.2) is 11.5 Å². The Balaban J connectivity index is 1.89. The molecule has 0 atom stereocenters. The molecule has 0 fully saturated rings. The van der Waals surface area contributed by atoms with Crippen LogP contribution in [0.2, 0.25) is 0 Å². The highest BCUT2D eigenvalue weighted by molar-refractivity contribution is 5.92. The zero-order valence-corrected chi connectivity index (χ0v) is 16.4. The summed E-state index contributed by atoms with van der Waals surface area (Å²) in [5.41, 5.74) is 1.31. The number of nitrogens with zero attached hydrogens (tertiary/aromatic N) is 1. The first-order valence-corrected chi connectivity index (χ1v) is 8.84. The molecule has 2 rings (SSSR count). The highest BCUT2D eigenvalue weighted by Gasteiger charge is 2.30. The van der Waals surface area contributed by atoms with E-state index in [-0.39, 0.29) is 18.2 Å². The molecular formula is C20H23F3N2O4. The fourth-order valence-corrected chi connectivity index (χ4v) is 2.64. The Morgan fingerprint density at radius 2 is 1.79 bits per heavy atom. The number of anilines is 1. The van der Waals surface area contributed by atoms with E-state index in [4.69, 9.17) is 9.47 Å². The number of likely N-dealkylation sites (N-methyl/N-ethyl adjacent to an activating group) is 1. The Kier molecular flexibility index (Phi) is 7.72. The maximum atomic E-state index is 12.2. The van der Waals surface area contributed by atoms with Crippen molar-refractivity contribution < 1.29 is 32.2 Å². The molecule has 2 aromatic rings. The minimum absolute atomic E-state index is 0.0936. The van der Waals surface area contributed by atoms with Gasteiger partial charge in [0.2, 0.25) is 5.91 Å². The second-order valence-corrected chi connectivity index (χ2v) is 6.21. The largest absolute Gasteiger partial charge is 0.573 e. The molecule has 1 amide bonds. The van der Waals surface area contributed by atoms with Crippen LogP contribution in [0.5, 0.6) is 17.2 Å². The zero-order valence-electron chi connectivity index (χ0n) is 16.4. The number of carbonyl (C=O) groups excluding carboxylic acids is 1. The van der Waals surface area contributed by atoms with Crippen molar-refractivity contribution in [3.05, 3.63) is 48.0 Å². The molecule has 0 heterocycles. The second kappa shape index (κ2) is 10.0. The lowest BCUT2D eigenvalue weighted by molar-refractivity contribution is -0.274. The molecule has 2 aromatic carbocycles. The molecule has 1 N–H and O–H groups in total. The molecule has 29 heavy (non-hydrogen) atoms. The third-order valence-corrected chi connectivity index (χ3v) is 3.77. The number of halogens is 3. The lowest BCUT2D eigenvalue weighted by Gasteiger charge is -2.18. The molecular weight excluding hydrogens is 389 g/mol. The molecule has 0 saturated carbocycles. The Morgan fingerprint density at radius 1 is 1.10 bits per heavy atom. The van der Waals surface area contributed by atoms with Crippen LogP contribution in [0.25, 0.3) is 0 Å². The van der Waals surface area contributed by atoms with E-state index in [1.165, 1.54) is 12.1 Å². The van der Waals surface area contributed by atoms with E-state index in [2.05, 4.69) is 10.1 Å². The molecule has 0 spiro atoms. The van der Waals surface area contributed by atoms with Gasteiger partial charge in [-0.05, 0) is 55.9 Å². The number of methoxy groups -OCH3 is 1. The smallest absolute Gasteiger partial charge is 0.493 e. The highest BCUT2D eigenvalue weighted by Crippen LogP contribution is 2.28. The van der Waals surface area contributed by atoms with Gasteiger partial charge < -0.3 is 19.5 Å². The summed E-state index contributed by atoms with van der Waals surface area (Å²) in [6.45, 7) is 3.00. The summed E-state index contributed by atoms with van der Waals surface area (Å²) in [5, 5.41) is 2.63. The van der Waals surface area contributed by atoms with Crippen LogP contribution in [-0.4, -0.2) is 44.5 Å². The van der Waals surface area contributed by atoms with Gasteiger partial charge >= 0.3 is 6.36 Å². The summed E-state index contributed by atoms with van der Waals surface area (Å²) >= 11 is 0. The van der Waals surface area contributed by atoms with E-state index < -0.39 is 6.36 Å². The van der Waals surface area contributed by atoms with Crippen LogP contribution >= 0.6 is 0 Å². The second-order valence-electron chi connectivity index (χ2n) is 6.21. The number of ether oxygens (including phenoxy) is 3. The van der Waals surface area contributed by atoms with E-state index >= 15 is 0 Å². The van der Waals surface area contributed by atoms with Gasteiger partial charge in [-0.25, -0.2) is 0 Å². The molecule has 0 unspecified atom stereocenters. The van der Waals surface area contributed by atoms with Gasteiger partial charge in [0.1, 0.15) is 5.75 Å². The van der Waals surface area contributed by atoms with Crippen LogP contribution in [0.3, 0.4) is 0 Å². The van der Waals surface area contributed by atoms with Crippen LogP contribution in [0, 0.1) is 0 Å². The van der Waals surface area contributed by atoms with Crippen molar-refractivity contribution in [2.24, 2.45) is 0 Å². The third-order valence-electron chi connectivity index (χ3n) is 3.77. The van der Waals surface area contributed by atoms with Gasteiger partial charge in [-0.15, -0.1) is 13.2 Å². The Bertz CT molecular complexity index is 810. The minimum Gasteiger partial charge on any atom is -0.493 e. The fraction of sp³-hybridized carbons (Fsp3) is 0.350. The number of benzene rings is 2. The van der Waals surface area contributed by atoms with Crippen molar-refractivity contribution in [2.45, 2.75) is 19.8 Å². The molecule has 0 aromatic heterocycles. The molecule has 0 aliphatic carbocycles. The van der Waals surface area contributed by atoms with E-state index in [1.807, 2.05) is 25.1 Å². The van der Waals surface area contributed by atoms with Crippen molar-refractivity contribution >= 4 is 11.6 Å².